The maximum absolute atomic E-state index is 5.90. The van der Waals surface area contributed by atoms with Crippen LogP contribution in [0.4, 0.5) is 0 Å². The van der Waals surface area contributed by atoms with Crippen LogP contribution in [0, 0.1) is 0 Å². The van der Waals surface area contributed by atoms with Gasteiger partial charge in [-0.05, 0) is 24.8 Å². The van der Waals surface area contributed by atoms with Crippen molar-refractivity contribution in [2.45, 2.75) is 31.4 Å². The van der Waals surface area contributed by atoms with Gasteiger partial charge in [0.15, 0.2) is 0 Å². The van der Waals surface area contributed by atoms with Gasteiger partial charge in [0.05, 0.1) is 6.10 Å². The van der Waals surface area contributed by atoms with Gasteiger partial charge >= 0.3 is 0 Å². The summed E-state index contributed by atoms with van der Waals surface area (Å²) in [5.74, 6) is 0. The summed E-state index contributed by atoms with van der Waals surface area (Å²) >= 11 is 0. The summed E-state index contributed by atoms with van der Waals surface area (Å²) < 4.78 is 5.67. The summed E-state index contributed by atoms with van der Waals surface area (Å²) in [6.07, 6.45) is 3.32. The van der Waals surface area contributed by atoms with Crippen LogP contribution in [0.3, 0.4) is 0 Å². The highest BCUT2D eigenvalue weighted by Crippen LogP contribution is 2.16. The van der Waals surface area contributed by atoms with E-state index >= 15 is 0 Å². The maximum Gasteiger partial charge on any atom is 0.0630 e. The van der Waals surface area contributed by atoms with E-state index in [0.717, 1.165) is 25.9 Å². The van der Waals surface area contributed by atoms with Gasteiger partial charge in [0.25, 0.3) is 0 Å². The normalized spacial score (nSPS) is 27.5. The number of hydrogen-bond donors (Lipinski definition) is 1. The van der Waals surface area contributed by atoms with Crippen LogP contribution in [0.15, 0.2) is 30.3 Å². The number of ether oxygens (including phenoxy) is 1. The average molecular weight is 191 g/mol. The second-order valence-corrected chi connectivity index (χ2v) is 3.97. The molecule has 76 valence electrons. The van der Waals surface area contributed by atoms with Crippen LogP contribution in [-0.2, 0) is 11.2 Å². The molecule has 2 N–H and O–H groups in total. The molecule has 0 saturated carbocycles. The molecule has 0 spiro atoms. The van der Waals surface area contributed by atoms with Crippen LogP contribution in [-0.4, -0.2) is 18.8 Å². The van der Waals surface area contributed by atoms with Crippen molar-refractivity contribution in [3.8, 4) is 0 Å². The van der Waals surface area contributed by atoms with Gasteiger partial charge < -0.3 is 10.5 Å². The third kappa shape index (κ3) is 2.56. The van der Waals surface area contributed by atoms with E-state index in [0.29, 0.717) is 12.1 Å². The molecule has 2 nitrogen and oxygen atoms in total. The lowest BCUT2D eigenvalue weighted by Crippen LogP contribution is -2.35. The fourth-order valence-electron chi connectivity index (χ4n) is 1.93. The lowest BCUT2D eigenvalue weighted by Gasteiger charge is -2.27. The number of hydrogen-bond acceptors (Lipinski definition) is 2. The van der Waals surface area contributed by atoms with Crippen molar-refractivity contribution < 1.29 is 4.74 Å². The van der Waals surface area contributed by atoms with E-state index in [-0.39, 0.29) is 0 Å². The molecule has 0 amide bonds. The Hall–Kier alpha value is -0.860. The first-order chi connectivity index (χ1) is 6.84. The molecule has 1 heterocycles. The molecule has 2 unspecified atom stereocenters. The minimum absolute atomic E-state index is 0.321. The minimum Gasteiger partial charge on any atom is -0.378 e. The van der Waals surface area contributed by atoms with Gasteiger partial charge in [-0.3, -0.25) is 0 Å². The predicted octanol–water partition coefficient (Wildman–Crippen LogP) is 1.74. The third-order valence-electron chi connectivity index (χ3n) is 2.71. The molecule has 1 saturated heterocycles. The summed E-state index contributed by atoms with van der Waals surface area (Å²) in [6, 6.07) is 10.8. The van der Waals surface area contributed by atoms with Crippen molar-refractivity contribution in [3.63, 3.8) is 0 Å². The highest BCUT2D eigenvalue weighted by molar-refractivity contribution is 5.15. The third-order valence-corrected chi connectivity index (χ3v) is 2.71. The summed E-state index contributed by atoms with van der Waals surface area (Å²) in [5.41, 5.74) is 7.24. The van der Waals surface area contributed by atoms with E-state index in [4.69, 9.17) is 10.5 Å². The summed E-state index contributed by atoms with van der Waals surface area (Å²) in [4.78, 5) is 0. The zero-order valence-corrected chi connectivity index (χ0v) is 8.36. The Kier molecular flexibility index (Phi) is 3.17. The van der Waals surface area contributed by atoms with Crippen molar-refractivity contribution in [2.75, 3.05) is 6.61 Å². The molecule has 0 aliphatic carbocycles. The van der Waals surface area contributed by atoms with E-state index < -0.39 is 0 Å². The standard InChI is InChI=1S/C12H17NO/c13-11-6-7-14-12(9-11)8-10-4-2-1-3-5-10/h1-5,11-12H,6-9,13H2. The zero-order chi connectivity index (χ0) is 9.80. The molecule has 2 heteroatoms. The van der Waals surface area contributed by atoms with E-state index in [1.54, 1.807) is 0 Å². The molecule has 1 aromatic rings. The van der Waals surface area contributed by atoms with Gasteiger partial charge in [0.1, 0.15) is 0 Å². The first-order valence-corrected chi connectivity index (χ1v) is 5.25. The molecule has 2 rings (SSSR count). The molecule has 0 radical (unpaired) electrons. The molecule has 1 aromatic carbocycles. The molecule has 1 fully saturated rings. The van der Waals surface area contributed by atoms with Gasteiger partial charge in [-0.25, -0.2) is 0 Å². The molecule has 14 heavy (non-hydrogen) atoms. The minimum atomic E-state index is 0.321. The Morgan fingerprint density at radius 2 is 2.07 bits per heavy atom. The Labute approximate surface area is 85.1 Å². The van der Waals surface area contributed by atoms with Gasteiger partial charge in [0.2, 0.25) is 0 Å². The van der Waals surface area contributed by atoms with Crippen LogP contribution in [0.2, 0.25) is 0 Å². The molecule has 1 aliphatic heterocycles. The van der Waals surface area contributed by atoms with Crippen molar-refractivity contribution in [3.05, 3.63) is 35.9 Å². The molecule has 1 aliphatic rings. The molecular formula is C12H17NO. The van der Waals surface area contributed by atoms with Crippen molar-refractivity contribution >= 4 is 0 Å². The van der Waals surface area contributed by atoms with Crippen molar-refractivity contribution in [1.82, 2.24) is 0 Å². The van der Waals surface area contributed by atoms with Crippen LogP contribution in [0.5, 0.6) is 0 Å². The van der Waals surface area contributed by atoms with Gasteiger partial charge in [-0.2, -0.15) is 0 Å². The van der Waals surface area contributed by atoms with Crippen LogP contribution >= 0.6 is 0 Å². The number of benzene rings is 1. The first-order valence-electron chi connectivity index (χ1n) is 5.25. The SMILES string of the molecule is NC1CCOC(Cc2ccccc2)C1. The van der Waals surface area contributed by atoms with Crippen molar-refractivity contribution in [1.29, 1.82) is 0 Å². The Bertz CT molecular complexity index is 273. The van der Waals surface area contributed by atoms with E-state index in [1.807, 2.05) is 6.07 Å². The van der Waals surface area contributed by atoms with Crippen LogP contribution in [0.1, 0.15) is 18.4 Å². The summed E-state index contributed by atoms with van der Waals surface area (Å²) in [5, 5.41) is 0. The number of nitrogens with two attached hydrogens (primary N) is 1. The zero-order valence-electron chi connectivity index (χ0n) is 8.36. The van der Waals surface area contributed by atoms with Crippen LogP contribution < -0.4 is 5.73 Å². The summed E-state index contributed by atoms with van der Waals surface area (Å²) in [7, 11) is 0. The summed E-state index contributed by atoms with van der Waals surface area (Å²) in [6.45, 7) is 0.818. The van der Waals surface area contributed by atoms with E-state index in [1.165, 1.54) is 5.56 Å². The highest BCUT2D eigenvalue weighted by Gasteiger charge is 2.19. The Morgan fingerprint density at radius 3 is 2.79 bits per heavy atom. The van der Waals surface area contributed by atoms with Gasteiger partial charge in [-0.15, -0.1) is 0 Å². The lowest BCUT2D eigenvalue weighted by atomic mass is 9.98. The first kappa shape index (κ1) is 9.69. The lowest BCUT2D eigenvalue weighted by molar-refractivity contribution is 0.00867. The monoisotopic (exact) mass is 191 g/mol. The molecule has 0 bridgehead atoms. The van der Waals surface area contributed by atoms with E-state index in [2.05, 4.69) is 24.3 Å². The smallest absolute Gasteiger partial charge is 0.0630 e. The predicted molar refractivity (Wildman–Crippen MR) is 57.1 cm³/mol. The Morgan fingerprint density at radius 1 is 1.29 bits per heavy atom. The average Bonchev–Trinajstić information content (AvgIpc) is 2.19. The van der Waals surface area contributed by atoms with E-state index in [9.17, 15) is 0 Å². The van der Waals surface area contributed by atoms with Crippen molar-refractivity contribution in [2.24, 2.45) is 5.73 Å². The maximum atomic E-state index is 5.90. The van der Waals surface area contributed by atoms with Gasteiger partial charge in [-0.1, -0.05) is 30.3 Å². The largest absolute Gasteiger partial charge is 0.378 e. The van der Waals surface area contributed by atoms with Gasteiger partial charge in [0, 0.05) is 12.6 Å². The topological polar surface area (TPSA) is 35.2 Å². The molecular weight excluding hydrogens is 174 g/mol. The molecule has 2 atom stereocenters. The fraction of sp³-hybridized carbons (Fsp3) is 0.500. The highest BCUT2D eigenvalue weighted by atomic mass is 16.5. The Balaban J connectivity index is 1.91. The second kappa shape index (κ2) is 4.58. The van der Waals surface area contributed by atoms with Crippen LogP contribution in [0.25, 0.3) is 0 Å². The second-order valence-electron chi connectivity index (χ2n) is 3.97. The molecule has 0 aromatic heterocycles. The number of rotatable bonds is 2. The fourth-order valence-corrected chi connectivity index (χ4v) is 1.93. The quantitative estimate of drug-likeness (QED) is 0.772.